The summed E-state index contributed by atoms with van der Waals surface area (Å²) in [4.78, 5) is 3.37. The first-order chi connectivity index (χ1) is 10.3. The molecular formula is C14H9F4N3O. The Morgan fingerprint density at radius 1 is 1.23 bits per heavy atom. The van der Waals surface area contributed by atoms with E-state index in [0.29, 0.717) is 11.6 Å². The molecule has 114 valence electrons. The third-order valence-electron chi connectivity index (χ3n) is 2.78. The summed E-state index contributed by atoms with van der Waals surface area (Å²) in [5, 5.41) is 20.5. The summed E-state index contributed by atoms with van der Waals surface area (Å²) < 4.78 is 51.0. The van der Waals surface area contributed by atoms with Crippen LogP contribution in [-0.4, -0.2) is 10.1 Å². The van der Waals surface area contributed by atoms with E-state index < -0.39 is 23.4 Å². The zero-order chi connectivity index (χ0) is 16.3. The van der Waals surface area contributed by atoms with Crippen LogP contribution in [0.15, 0.2) is 30.3 Å². The third-order valence-corrected chi connectivity index (χ3v) is 2.78. The molecule has 0 amide bonds. The molecule has 0 fully saturated rings. The van der Waals surface area contributed by atoms with E-state index in [1.54, 1.807) is 6.07 Å². The summed E-state index contributed by atoms with van der Waals surface area (Å²) in [6.07, 6.45) is -4.63. The van der Waals surface area contributed by atoms with Gasteiger partial charge in [0.25, 0.3) is 0 Å². The zero-order valence-electron chi connectivity index (χ0n) is 10.9. The Hall–Kier alpha value is -2.82. The number of hydrogen-bond donors (Lipinski definition) is 2. The van der Waals surface area contributed by atoms with E-state index in [0.717, 1.165) is 18.2 Å². The maximum Gasteiger partial charge on any atom is 0.433 e. The van der Waals surface area contributed by atoms with Crippen LogP contribution >= 0.6 is 0 Å². The van der Waals surface area contributed by atoms with Gasteiger partial charge in [-0.25, -0.2) is 9.37 Å². The van der Waals surface area contributed by atoms with Crippen molar-refractivity contribution < 1.29 is 22.7 Å². The lowest BCUT2D eigenvalue weighted by Crippen LogP contribution is -2.11. The highest BCUT2D eigenvalue weighted by molar-refractivity contribution is 5.52. The lowest BCUT2D eigenvalue weighted by molar-refractivity contribution is -0.141. The average Bonchev–Trinajstić information content (AvgIpc) is 2.47. The fourth-order valence-corrected chi connectivity index (χ4v) is 1.69. The molecule has 2 N–H and O–H groups in total. The van der Waals surface area contributed by atoms with Gasteiger partial charge in [-0.1, -0.05) is 6.07 Å². The number of hydrogen-bond acceptors (Lipinski definition) is 4. The summed E-state index contributed by atoms with van der Waals surface area (Å²) in [5.74, 6) is -1.62. The number of phenols is 1. The maximum absolute atomic E-state index is 13.2. The summed E-state index contributed by atoms with van der Waals surface area (Å²) in [6, 6.07) is 6.99. The summed E-state index contributed by atoms with van der Waals surface area (Å²) in [5.41, 5.74) is -0.823. The lowest BCUT2D eigenvalue weighted by Gasteiger charge is -2.11. The molecule has 2 rings (SSSR count). The van der Waals surface area contributed by atoms with Crippen LogP contribution in [-0.2, 0) is 12.7 Å². The van der Waals surface area contributed by atoms with E-state index in [4.69, 9.17) is 10.4 Å². The van der Waals surface area contributed by atoms with E-state index in [2.05, 4.69) is 10.3 Å². The highest BCUT2D eigenvalue weighted by atomic mass is 19.4. The van der Waals surface area contributed by atoms with Crippen molar-refractivity contribution >= 4 is 5.82 Å². The number of phenolic OH excluding ortho intramolecular Hbond substituents is 1. The Bertz CT molecular complexity index is 738. The molecule has 0 unspecified atom stereocenters. The molecule has 0 saturated heterocycles. The number of alkyl halides is 3. The molecule has 1 heterocycles. The van der Waals surface area contributed by atoms with Crippen molar-refractivity contribution in [3.05, 3.63) is 53.0 Å². The minimum Gasteiger partial charge on any atom is -0.505 e. The number of benzene rings is 1. The molecule has 0 aliphatic carbocycles. The van der Waals surface area contributed by atoms with Crippen molar-refractivity contribution in [2.75, 3.05) is 5.32 Å². The van der Waals surface area contributed by atoms with Crippen LogP contribution in [0.2, 0.25) is 0 Å². The molecule has 0 radical (unpaired) electrons. The van der Waals surface area contributed by atoms with Gasteiger partial charge in [-0.2, -0.15) is 18.4 Å². The van der Waals surface area contributed by atoms with Crippen molar-refractivity contribution in [2.24, 2.45) is 0 Å². The normalized spacial score (nSPS) is 11.0. The van der Waals surface area contributed by atoms with Gasteiger partial charge in [-0.15, -0.1) is 0 Å². The Balaban J connectivity index is 2.24. The lowest BCUT2D eigenvalue weighted by atomic mass is 10.2. The molecule has 0 bridgehead atoms. The predicted octanol–water partition coefficient (Wildman–Crippen LogP) is 3.43. The number of anilines is 1. The van der Waals surface area contributed by atoms with Crippen molar-refractivity contribution in [2.45, 2.75) is 12.7 Å². The van der Waals surface area contributed by atoms with Gasteiger partial charge >= 0.3 is 6.18 Å². The Morgan fingerprint density at radius 2 is 1.95 bits per heavy atom. The first kappa shape index (κ1) is 15.6. The first-order valence-electron chi connectivity index (χ1n) is 6.01. The number of aromatic hydroxyl groups is 1. The maximum atomic E-state index is 13.2. The molecule has 0 aliphatic heterocycles. The van der Waals surface area contributed by atoms with Crippen LogP contribution in [0.25, 0.3) is 0 Å². The topological polar surface area (TPSA) is 68.9 Å². The largest absolute Gasteiger partial charge is 0.505 e. The Kier molecular flexibility index (Phi) is 4.17. The van der Waals surface area contributed by atoms with Crippen molar-refractivity contribution in [3.8, 4) is 11.8 Å². The second-order valence-electron chi connectivity index (χ2n) is 4.34. The summed E-state index contributed by atoms with van der Waals surface area (Å²) >= 11 is 0. The van der Waals surface area contributed by atoms with Gasteiger partial charge in [-0.05, 0) is 29.8 Å². The van der Waals surface area contributed by atoms with Crippen molar-refractivity contribution in [1.29, 1.82) is 5.26 Å². The quantitative estimate of drug-likeness (QED) is 0.852. The molecule has 1 aromatic heterocycles. The number of aromatic nitrogens is 1. The van der Waals surface area contributed by atoms with Gasteiger partial charge in [0, 0.05) is 6.54 Å². The van der Waals surface area contributed by atoms with Crippen LogP contribution in [0.5, 0.6) is 5.75 Å². The SMILES string of the molecule is N#Cc1ccc(C(F)(F)F)nc1NCc1ccc(O)c(F)c1. The standard InChI is InChI=1S/C14H9F4N3O/c15-10-5-8(1-3-11(10)22)7-20-13-9(6-19)2-4-12(21-13)14(16,17)18/h1-5,22H,7H2,(H,20,21). The van der Waals surface area contributed by atoms with E-state index in [1.807, 2.05) is 0 Å². The van der Waals surface area contributed by atoms with E-state index in [9.17, 15) is 17.6 Å². The monoisotopic (exact) mass is 311 g/mol. The molecular weight excluding hydrogens is 302 g/mol. The average molecular weight is 311 g/mol. The van der Waals surface area contributed by atoms with Gasteiger partial charge < -0.3 is 10.4 Å². The second-order valence-corrected chi connectivity index (χ2v) is 4.34. The number of rotatable bonds is 3. The van der Waals surface area contributed by atoms with Gasteiger partial charge in [0.1, 0.15) is 17.6 Å². The molecule has 4 nitrogen and oxygen atoms in total. The van der Waals surface area contributed by atoms with Gasteiger partial charge in [0.2, 0.25) is 0 Å². The Morgan fingerprint density at radius 3 is 2.55 bits per heavy atom. The molecule has 0 spiro atoms. The van der Waals surface area contributed by atoms with Crippen molar-refractivity contribution in [1.82, 2.24) is 4.98 Å². The predicted molar refractivity (Wildman–Crippen MR) is 69.3 cm³/mol. The summed E-state index contributed by atoms with van der Waals surface area (Å²) in [7, 11) is 0. The molecule has 1 aromatic carbocycles. The molecule has 22 heavy (non-hydrogen) atoms. The molecule has 8 heteroatoms. The van der Waals surface area contributed by atoms with Crippen LogP contribution in [0.4, 0.5) is 23.4 Å². The highest BCUT2D eigenvalue weighted by Gasteiger charge is 2.33. The molecule has 2 aromatic rings. The van der Waals surface area contributed by atoms with Crippen molar-refractivity contribution in [3.63, 3.8) is 0 Å². The van der Waals surface area contributed by atoms with Crippen LogP contribution in [0.3, 0.4) is 0 Å². The Labute approximate surface area is 122 Å². The highest BCUT2D eigenvalue weighted by Crippen LogP contribution is 2.29. The van der Waals surface area contributed by atoms with Crippen LogP contribution < -0.4 is 5.32 Å². The van der Waals surface area contributed by atoms with E-state index in [-0.39, 0.29) is 17.9 Å². The minimum atomic E-state index is -4.63. The number of halogens is 4. The number of nitrogens with zero attached hydrogens (tertiary/aromatic N) is 2. The van der Waals surface area contributed by atoms with Crippen LogP contribution in [0.1, 0.15) is 16.8 Å². The van der Waals surface area contributed by atoms with E-state index in [1.165, 1.54) is 6.07 Å². The number of nitriles is 1. The minimum absolute atomic E-state index is 0.0554. The number of nitrogens with one attached hydrogen (secondary N) is 1. The van der Waals surface area contributed by atoms with Gasteiger partial charge in [0.05, 0.1) is 5.56 Å². The van der Waals surface area contributed by atoms with Crippen LogP contribution in [0, 0.1) is 17.1 Å². The summed E-state index contributed by atoms with van der Waals surface area (Å²) in [6.45, 7) is -0.0554. The second kappa shape index (κ2) is 5.89. The molecule has 0 atom stereocenters. The third kappa shape index (κ3) is 3.44. The van der Waals surface area contributed by atoms with E-state index >= 15 is 0 Å². The first-order valence-corrected chi connectivity index (χ1v) is 6.01. The van der Waals surface area contributed by atoms with Gasteiger partial charge in [0.15, 0.2) is 11.6 Å². The molecule has 0 saturated carbocycles. The number of pyridine rings is 1. The van der Waals surface area contributed by atoms with Gasteiger partial charge in [-0.3, -0.25) is 0 Å². The smallest absolute Gasteiger partial charge is 0.433 e. The molecule has 0 aliphatic rings. The zero-order valence-corrected chi connectivity index (χ0v) is 10.9. The fourth-order valence-electron chi connectivity index (χ4n) is 1.69. The fraction of sp³-hybridized carbons (Fsp3) is 0.143.